The Hall–Kier alpha value is -1.03. The molecule has 0 saturated heterocycles. The second-order valence-corrected chi connectivity index (χ2v) is 8.08. The molecule has 1 heteroatoms. The first kappa shape index (κ1) is 10.1. The van der Waals surface area contributed by atoms with Gasteiger partial charge in [0.05, 0.1) is 0 Å². The highest BCUT2D eigenvalue weighted by molar-refractivity contribution is 6.67. The lowest BCUT2D eigenvalue weighted by molar-refractivity contribution is 1.14. The van der Waals surface area contributed by atoms with Crippen LogP contribution in [0.1, 0.15) is 0 Å². The van der Waals surface area contributed by atoms with Crippen molar-refractivity contribution in [2.45, 2.75) is 14.3 Å². The van der Waals surface area contributed by atoms with Crippen molar-refractivity contribution in [3.8, 4) is 0 Å². The van der Waals surface area contributed by atoms with Crippen LogP contribution in [-0.4, -0.2) is 14.1 Å². The van der Waals surface area contributed by atoms with Crippen LogP contribution < -0.4 is 0 Å². The Balaban J connectivity index is 1.87. The lowest BCUT2D eigenvalue weighted by atomic mass is 10.4. The van der Waals surface area contributed by atoms with Gasteiger partial charge in [-0.3, -0.25) is 0 Å². The van der Waals surface area contributed by atoms with Gasteiger partial charge < -0.3 is 0 Å². The highest BCUT2D eigenvalue weighted by Gasteiger charge is 2.37. The molecular formula is C15H15Al. The number of hydrogen-bond donors (Lipinski definition) is 0. The predicted octanol–water partition coefficient (Wildman–Crippen LogP) is 3.97. The average molecular weight is 222 g/mol. The van der Waals surface area contributed by atoms with Crippen LogP contribution in [0, 0.1) is 0 Å². The molecule has 0 saturated carbocycles. The Kier molecular flexibility index (Phi) is 2.83. The van der Waals surface area contributed by atoms with Gasteiger partial charge in [0.2, 0.25) is 0 Å². The average Bonchev–Trinajstić information content (AvgIpc) is 3.02. The van der Waals surface area contributed by atoms with Gasteiger partial charge in [0, 0.05) is 0 Å². The monoisotopic (exact) mass is 222 g/mol. The van der Waals surface area contributed by atoms with Crippen LogP contribution in [-0.2, 0) is 0 Å². The van der Waals surface area contributed by atoms with E-state index in [9.17, 15) is 0 Å². The van der Waals surface area contributed by atoms with Crippen molar-refractivity contribution >= 4 is 14.1 Å². The van der Waals surface area contributed by atoms with Gasteiger partial charge in [-0.05, 0) is 14.3 Å². The summed E-state index contributed by atoms with van der Waals surface area (Å²) in [6.45, 7) is 0. The molecular weight excluding hydrogens is 207 g/mol. The highest BCUT2D eigenvalue weighted by atomic mass is 27.2. The zero-order valence-corrected chi connectivity index (χ0v) is 10.4. The third-order valence-electron chi connectivity index (χ3n) is 3.67. The van der Waals surface area contributed by atoms with E-state index in [2.05, 4.69) is 72.9 Å². The van der Waals surface area contributed by atoms with Crippen LogP contribution in [0.3, 0.4) is 0 Å². The zero-order chi connectivity index (χ0) is 10.8. The van der Waals surface area contributed by atoms with Crippen molar-refractivity contribution in [3.05, 3.63) is 72.9 Å². The molecule has 0 aromatic carbocycles. The Morgan fingerprint density at radius 3 is 0.938 bits per heavy atom. The highest BCUT2D eigenvalue weighted by Crippen LogP contribution is 2.40. The van der Waals surface area contributed by atoms with Crippen molar-refractivity contribution < 1.29 is 0 Å². The van der Waals surface area contributed by atoms with E-state index in [4.69, 9.17) is 0 Å². The van der Waals surface area contributed by atoms with E-state index in [-0.39, 0.29) is 0 Å². The normalized spacial score (nSPS) is 23.2. The second kappa shape index (κ2) is 4.46. The van der Waals surface area contributed by atoms with Crippen LogP contribution in [0.25, 0.3) is 0 Å². The molecule has 0 aromatic rings. The minimum absolute atomic E-state index is 0.717. The van der Waals surface area contributed by atoms with Crippen molar-refractivity contribution in [2.24, 2.45) is 0 Å². The summed E-state index contributed by atoms with van der Waals surface area (Å²) in [4.78, 5) is 0. The Labute approximate surface area is 101 Å². The van der Waals surface area contributed by atoms with Gasteiger partial charge in [0.15, 0.2) is 0 Å². The summed E-state index contributed by atoms with van der Waals surface area (Å²) < 4.78 is 2.15. The molecule has 16 heavy (non-hydrogen) atoms. The predicted molar refractivity (Wildman–Crippen MR) is 71.8 cm³/mol. The summed E-state index contributed by atoms with van der Waals surface area (Å²) in [6, 6.07) is 0. The van der Waals surface area contributed by atoms with Crippen LogP contribution in [0.15, 0.2) is 72.9 Å². The van der Waals surface area contributed by atoms with Gasteiger partial charge in [0.1, 0.15) is 0 Å². The molecule has 0 nitrogen and oxygen atoms in total. The molecule has 0 fully saturated rings. The molecule has 3 aliphatic rings. The van der Waals surface area contributed by atoms with E-state index in [0.717, 1.165) is 14.3 Å². The Morgan fingerprint density at radius 1 is 0.438 bits per heavy atom. The van der Waals surface area contributed by atoms with E-state index < -0.39 is 14.1 Å². The van der Waals surface area contributed by atoms with Crippen molar-refractivity contribution in [1.82, 2.24) is 0 Å². The summed E-state index contributed by atoms with van der Waals surface area (Å²) in [6.07, 6.45) is 27.5. The summed E-state index contributed by atoms with van der Waals surface area (Å²) in [5, 5.41) is 0. The third kappa shape index (κ3) is 1.82. The SMILES string of the molecule is C1=C[CH]([Al]([CH]2C=CC=C2)[CH]2C=CC=C2)C=C1. The molecule has 3 aliphatic carbocycles. The fourth-order valence-electron chi connectivity index (χ4n) is 2.89. The van der Waals surface area contributed by atoms with Crippen LogP contribution in [0.5, 0.6) is 0 Å². The van der Waals surface area contributed by atoms with E-state index in [1.165, 1.54) is 0 Å². The minimum Gasteiger partial charge on any atom is -0.0908 e. The molecule has 0 amide bonds. The van der Waals surface area contributed by atoms with Gasteiger partial charge >= 0.3 is 14.1 Å². The van der Waals surface area contributed by atoms with Crippen molar-refractivity contribution in [2.75, 3.05) is 0 Å². The molecule has 0 spiro atoms. The fraction of sp³-hybridized carbons (Fsp3) is 0.200. The van der Waals surface area contributed by atoms with Crippen molar-refractivity contribution in [3.63, 3.8) is 0 Å². The van der Waals surface area contributed by atoms with Gasteiger partial charge in [0.25, 0.3) is 0 Å². The molecule has 0 N–H and O–H groups in total. The van der Waals surface area contributed by atoms with Gasteiger partial charge in [-0.1, -0.05) is 72.9 Å². The maximum Gasteiger partial charge on any atom is 0.302 e. The Morgan fingerprint density at radius 2 is 0.688 bits per heavy atom. The van der Waals surface area contributed by atoms with Crippen LogP contribution >= 0.6 is 0 Å². The van der Waals surface area contributed by atoms with Crippen LogP contribution in [0.4, 0.5) is 0 Å². The number of rotatable bonds is 3. The molecule has 0 aromatic heterocycles. The molecule has 0 unspecified atom stereocenters. The number of allylic oxidation sites excluding steroid dienone is 12. The first-order chi connectivity index (χ1) is 7.95. The minimum atomic E-state index is -0.912. The van der Waals surface area contributed by atoms with Gasteiger partial charge in [-0.15, -0.1) is 0 Å². The quantitative estimate of drug-likeness (QED) is 0.634. The maximum atomic E-state index is 2.39. The summed E-state index contributed by atoms with van der Waals surface area (Å²) >= 11 is -0.912. The van der Waals surface area contributed by atoms with E-state index in [1.807, 2.05) is 0 Å². The number of hydrogen-bond acceptors (Lipinski definition) is 0. The van der Waals surface area contributed by atoms with Gasteiger partial charge in [-0.2, -0.15) is 0 Å². The third-order valence-corrected chi connectivity index (χ3v) is 7.67. The van der Waals surface area contributed by atoms with E-state index >= 15 is 0 Å². The first-order valence-electron chi connectivity index (χ1n) is 6.00. The zero-order valence-electron chi connectivity index (χ0n) is 9.24. The van der Waals surface area contributed by atoms with E-state index in [1.54, 1.807) is 0 Å². The lowest BCUT2D eigenvalue weighted by Gasteiger charge is -2.23. The largest absolute Gasteiger partial charge is 0.302 e. The second-order valence-electron chi connectivity index (χ2n) is 4.62. The summed E-state index contributed by atoms with van der Waals surface area (Å²) in [5.74, 6) is 0. The van der Waals surface area contributed by atoms with Crippen LogP contribution in [0.2, 0.25) is 14.3 Å². The Bertz CT molecular complexity index is 332. The maximum absolute atomic E-state index is 2.39. The molecule has 0 aliphatic heterocycles. The summed E-state index contributed by atoms with van der Waals surface area (Å²) in [5.41, 5.74) is 0. The lowest BCUT2D eigenvalue weighted by Crippen LogP contribution is -2.26. The first-order valence-corrected chi connectivity index (χ1v) is 8.00. The molecule has 3 rings (SSSR count). The molecule has 0 atom stereocenters. The molecule has 78 valence electrons. The molecule has 0 bridgehead atoms. The standard InChI is InChI=1S/3C5H5.Al/c3*1-2-4-5-3-1;/h3*1-5H;. The smallest absolute Gasteiger partial charge is 0.0908 e. The van der Waals surface area contributed by atoms with Crippen molar-refractivity contribution in [1.29, 1.82) is 0 Å². The summed E-state index contributed by atoms with van der Waals surface area (Å²) in [7, 11) is 0. The van der Waals surface area contributed by atoms with E-state index in [0.29, 0.717) is 0 Å². The molecule has 0 heterocycles. The van der Waals surface area contributed by atoms with Gasteiger partial charge in [-0.25, -0.2) is 0 Å². The topological polar surface area (TPSA) is 0 Å². The molecule has 0 radical (unpaired) electrons. The fourth-order valence-corrected chi connectivity index (χ4v) is 6.74.